The Balaban J connectivity index is 1.78. The topological polar surface area (TPSA) is 63.2 Å². The van der Waals surface area contributed by atoms with E-state index in [0.717, 1.165) is 22.3 Å². The van der Waals surface area contributed by atoms with Crippen LogP contribution in [0, 0.1) is 0 Å². The monoisotopic (exact) mass is 590 g/mol. The number of hydrogen-bond donors (Lipinski definition) is 0. The Morgan fingerprint density at radius 1 is 0.727 bits per heavy atom. The Kier molecular flexibility index (Phi) is 10.1. The van der Waals surface area contributed by atoms with Crippen LogP contribution >= 0.6 is 0 Å². The van der Waals surface area contributed by atoms with Gasteiger partial charge in [-0.05, 0) is 29.2 Å². The first-order valence-electron chi connectivity index (χ1n) is 15.0. The van der Waals surface area contributed by atoms with Gasteiger partial charge < -0.3 is 23.5 Å². The lowest BCUT2D eigenvalue weighted by Gasteiger charge is -2.47. The van der Waals surface area contributed by atoms with E-state index in [0.29, 0.717) is 0 Å². The Bertz CT molecular complexity index is 1300. The first-order chi connectivity index (χ1) is 21.5. The fourth-order valence-corrected chi connectivity index (χ4v) is 6.42. The van der Waals surface area contributed by atoms with E-state index in [4.69, 9.17) is 23.5 Å². The molecule has 44 heavy (non-hydrogen) atoms. The average Bonchev–Trinajstić information content (AvgIpc) is 3.53. The number of carbonyl (C=O) groups excluding carboxylic acids is 1. The fourth-order valence-electron chi connectivity index (χ4n) is 6.42. The number of hydrogen-bond acceptors (Lipinski definition) is 6. The summed E-state index contributed by atoms with van der Waals surface area (Å²) < 4.78 is 32.6. The summed E-state index contributed by atoms with van der Waals surface area (Å²) in [6.45, 7) is 6.10. The van der Waals surface area contributed by atoms with E-state index in [-0.39, 0.29) is 19.0 Å². The minimum atomic E-state index is -1.13. The van der Waals surface area contributed by atoms with Crippen molar-refractivity contribution >= 4 is 13.1 Å². The molecule has 0 bridgehead atoms. The van der Waals surface area contributed by atoms with Crippen LogP contribution in [0.25, 0.3) is 0 Å². The van der Waals surface area contributed by atoms with Gasteiger partial charge in [-0.3, -0.25) is 4.79 Å². The van der Waals surface area contributed by atoms with Crippen LogP contribution in [-0.2, 0) is 39.5 Å². The number of allylic oxidation sites excluding steroid dienone is 1. The molecule has 4 aromatic carbocycles. The second kappa shape index (κ2) is 14.2. The summed E-state index contributed by atoms with van der Waals surface area (Å²) in [5.41, 5.74) is 1.29. The molecule has 1 aliphatic heterocycles. The van der Waals surface area contributed by atoms with Crippen LogP contribution < -0.4 is 0 Å². The van der Waals surface area contributed by atoms with E-state index in [2.05, 4.69) is 6.58 Å². The number of esters is 1. The molecule has 3 unspecified atom stereocenters. The normalized spacial score (nSPS) is 17.7. The van der Waals surface area contributed by atoms with E-state index in [1.807, 2.05) is 121 Å². The van der Waals surface area contributed by atoms with E-state index in [1.165, 1.54) is 0 Å². The standard InChI is InChI=1S/C37H39BO6/c1-5-32(27-33(39)42-6-2)38-43-34(36(40-3,28-19-11-7-12-20-28)29-21-13-8-14-22-29)35(44-38)37(41-4,30-23-15-9-16-24-30)31-25-17-10-18-26-31/h5,7-26,32,34-35H,1,6,27H2,2-4H3. The van der Waals surface area contributed by atoms with E-state index in [1.54, 1.807) is 27.2 Å². The third-order valence-electron chi connectivity index (χ3n) is 8.45. The van der Waals surface area contributed by atoms with Crippen molar-refractivity contribution in [2.75, 3.05) is 20.8 Å². The van der Waals surface area contributed by atoms with E-state index in [9.17, 15) is 4.79 Å². The molecule has 0 amide bonds. The van der Waals surface area contributed by atoms with Crippen LogP contribution in [0.15, 0.2) is 134 Å². The second-order valence-corrected chi connectivity index (χ2v) is 10.7. The number of carbonyl (C=O) groups is 1. The maximum absolute atomic E-state index is 12.7. The number of benzene rings is 4. The van der Waals surface area contributed by atoms with Crippen molar-refractivity contribution in [3.63, 3.8) is 0 Å². The molecular weight excluding hydrogens is 551 g/mol. The molecule has 3 atom stereocenters. The summed E-state index contributed by atoms with van der Waals surface area (Å²) in [5.74, 6) is -0.846. The molecule has 0 radical (unpaired) electrons. The van der Waals surface area contributed by atoms with Gasteiger partial charge in [-0.25, -0.2) is 0 Å². The van der Waals surface area contributed by atoms with Gasteiger partial charge in [0.1, 0.15) is 23.4 Å². The zero-order chi connectivity index (χ0) is 31.0. The van der Waals surface area contributed by atoms with Crippen LogP contribution in [0.2, 0.25) is 5.82 Å². The lowest BCUT2D eigenvalue weighted by atomic mass is 9.70. The van der Waals surface area contributed by atoms with Crippen LogP contribution in [0.4, 0.5) is 0 Å². The third-order valence-corrected chi connectivity index (χ3v) is 8.45. The third kappa shape index (κ3) is 5.76. The highest BCUT2D eigenvalue weighted by Gasteiger charge is 2.62. The quantitative estimate of drug-likeness (QED) is 0.0955. The van der Waals surface area contributed by atoms with Gasteiger partial charge in [-0.15, -0.1) is 6.58 Å². The number of rotatable bonds is 13. The Hall–Kier alpha value is -4.01. The fraction of sp³-hybridized carbons (Fsp3) is 0.270. The number of methoxy groups -OCH3 is 2. The first kappa shape index (κ1) is 31.4. The van der Waals surface area contributed by atoms with Crippen molar-refractivity contribution < 1.29 is 28.3 Å². The molecule has 6 nitrogen and oxygen atoms in total. The van der Waals surface area contributed by atoms with Crippen molar-refractivity contribution in [3.05, 3.63) is 156 Å². The van der Waals surface area contributed by atoms with Gasteiger partial charge in [0.05, 0.1) is 13.0 Å². The van der Waals surface area contributed by atoms with Crippen LogP contribution in [0.3, 0.4) is 0 Å². The highest BCUT2D eigenvalue weighted by atomic mass is 16.7. The van der Waals surface area contributed by atoms with Gasteiger partial charge in [0.25, 0.3) is 0 Å². The van der Waals surface area contributed by atoms with Crippen molar-refractivity contribution in [1.29, 1.82) is 0 Å². The average molecular weight is 591 g/mol. The maximum atomic E-state index is 12.7. The predicted molar refractivity (Wildman–Crippen MR) is 172 cm³/mol. The van der Waals surface area contributed by atoms with Crippen LogP contribution in [0.5, 0.6) is 0 Å². The van der Waals surface area contributed by atoms with E-state index >= 15 is 0 Å². The molecule has 0 spiro atoms. The second-order valence-electron chi connectivity index (χ2n) is 10.7. The maximum Gasteiger partial charge on any atom is 0.465 e. The van der Waals surface area contributed by atoms with Crippen molar-refractivity contribution in [3.8, 4) is 0 Å². The van der Waals surface area contributed by atoms with Gasteiger partial charge in [-0.1, -0.05) is 127 Å². The summed E-state index contributed by atoms with van der Waals surface area (Å²) in [7, 11) is 2.53. The summed E-state index contributed by atoms with van der Waals surface area (Å²) in [6.07, 6.45) is 0.231. The van der Waals surface area contributed by atoms with Gasteiger partial charge in [0, 0.05) is 20.0 Å². The zero-order valence-corrected chi connectivity index (χ0v) is 25.5. The molecule has 4 aromatic rings. The minimum absolute atomic E-state index is 0.0504. The first-order valence-corrected chi connectivity index (χ1v) is 15.0. The number of ether oxygens (including phenoxy) is 3. The molecule has 0 aliphatic carbocycles. The van der Waals surface area contributed by atoms with Gasteiger partial charge in [-0.2, -0.15) is 0 Å². The van der Waals surface area contributed by atoms with Gasteiger partial charge >= 0.3 is 13.1 Å². The Morgan fingerprint density at radius 3 is 1.34 bits per heavy atom. The predicted octanol–water partition coefficient (Wildman–Crippen LogP) is 6.95. The largest absolute Gasteiger partial charge is 0.466 e. The van der Waals surface area contributed by atoms with Crippen LogP contribution in [-0.4, -0.2) is 46.1 Å². The Morgan fingerprint density at radius 2 is 1.07 bits per heavy atom. The lowest BCUT2D eigenvalue weighted by molar-refractivity contribution is -0.143. The Labute approximate surface area is 260 Å². The van der Waals surface area contributed by atoms with Gasteiger partial charge in [0.2, 0.25) is 0 Å². The van der Waals surface area contributed by atoms with Gasteiger partial charge in [0.15, 0.2) is 0 Å². The van der Waals surface area contributed by atoms with Crippen LogP contribution in [0.1, 0.15) is 35.6 Å². The molecule has 1 saturated heterocycles. The summed E-state index contributed by atoms with van der Waals surface area (Å²) >= 11 is 0. The highest BCUT2D eigenvalue weighted by Crippen LogP contribution is 2.51. The summed E-state index contributed by atoms with van der Waals surface area (Å²) in [6, 6.07) is 40.1. The smallest absolute Gasteiger partial charge is 0.465 e. The molecule has 0 aromatic heterocycles. The zero-order valence-electron chi connectivity index (χ0n) is 25.5. The minimum Gasteiger partial charge on any atom is -0.466 e. The molecule has 5 rings (SSSR count). The molecule has 0 N–H and O–H groups in total. The molecule has 226 valence electrons. The van der Waals surface area contributed by atoms with Crippen molar-refractivity contribution in [2.24, 2.45) is 0 Å². The highest BCUT2D eigenvalue weighted by molar-refractivity contribution is 6.48. The molecule has 1 fully saturated rings. The molecule has 7 heteroatoms. The molecule has 0 saturated carbocycles. The van der Waals surface area contributed by atoms with Crippen molar-refractivity contribution in [2.45, 2.75) is 42.6 Å². The molecule has 1 aliphatic rings. The van der Waals surface area contributed by atoms with E-state index < -0.39 is 36.3 Å². The lowest BCUT2D eigenvalue weighted by Crippen LogP contribution is -2.56. The summed E-state index contributed by atoms with van der Waals surface area (Å²) in [4.78, 5) is 12.7. The summed E-state index contributed by atoms with van der Waals surface area (Å²) in [5, 5.41) is 0. The molecule has 1 heterocycles. The van der Waals surface area contributed by atoms with Crippen molar-refractivity contribution in [1.82, 2.24) is 0 Å². The SMILES string of the molecule is C=CC(CC(=O)OCC)B1OC(C(OC)(c2ccccc2)c2ccccc2)C(C(OC)(c2ccccc2)c2ccccc2)O1. The molecular formula is C37H39BO6.